The number of benzene rings is 3. The van der Waals surface area contributed by atoms with E-state index in [1.807, 2.05) is 60.7 Å². The van der Waals surface area contributed by atoms with Crippen molar-refractivity contribution in [1.29, 1.82) is 0 Å². The van der Waals surface area contributed by atoms with E-state index in [4.69, 9.17) is 16.3 Å². The van der Waals surface area contributed by atoms with Gasteiger partial charge in [0.1, 0.15) is 12.4 Å². The van der Waals surface area contributed by atoms with Gasteiger partial charge < -0.3 is 10.1 Å². The summed E-state index contributed by atoms with van der Waals surface area (Å²) in [6, 6.07) is 24.0. The minimum absolute atomic E-state index is 0.511. The topological polar surface area (TPSA) is 21.3 Å². The van der Waals surface area contributed by atoms with Gasteiger partial charge in [-0.05, 0) is 59.7 Å². The van der Waals surface area contributed by atoms with E-state index in [1.165, 1.54) is 5.56 Å². The highest BCUT2D eigenvalue weighted by Crippen LogP contribution is 2.18. The van der Waals surface area contributed by atoms with Crippen LogP contribution in [0.3, 0.4) is 0 Å². The second-order valence-corrected chi connectivity index (χ2v) is 6.78. The minimum atomic E-state index is 0.511. The van der Waals surface area contributed by atoms with E-state index in [9.17, 15) is 0 Å². The summed E-state index contributed by atoms with van der Waals surface area (Å²) in [5.41, 5.74) is 3.36. The fourth-order valence-electron chi connectivity index (χ4n) is 2.27. The molecule has 122 valence electrons. The van der Waals surface area contributed by atoms with E-state index in [1.54, 1.807) is 0 Å². The Bertz CT molecular complexity index is 787. The molecular weight excluding hydrogens is 386 g/mol. The molecule has 0 saturated heterocycles. The molecular formula is C20H17BrClNO. The number of hydrogen-bond acceptors (Lipinski definition) is 2. The molecule has 1 N–H and O–H groups in total. The van der Waals surface area contributed by atoms with E-state index < -0.39 is 0 Å². The van der Waals surface area contributed by atoms with Gasteiger partial charge in [0.15, 0.2) is 0 Å². The Morgan fingerprint density at radius 1 is 0.875 bits per heavy atom. The van der Waals surface area contributed by atoms with Gasteiger partial charge in [-0.3, -0.25) is 0 Å². The molecule has 0 aliphatic carbocycles. The maximum atomic E-state index is 5.98. The van der Waals surface area contributed by atoms with Crippen LogP contribution in [-0.2, 0) is 13.2 Å². The third kappa shape index (κ3) is 5.02. The molecule has 24 heavy (non-hydrogen) atoms. The van der Waals surface area contributed by atoms with Gasteiger partial charge in [-0.1, -0.05) is 51.8 Å². The molecule has 0 amide bonds. The Labute approximate surface area is 155 Å². The van der Waals surface area contributed by atoms with Crippen molar-refractivity contribution >= 4 is 33.2 Å². The highest BCUT2D eigenvalue weighted by molar-refractivity contribution is 9.10. The van der Waals surface area contributed by atoms with Gasteiger partial charge in [0.05, 0.1) is 0 Å². The molecule has 2 nitrogen and oxygen atoms in total. The van der Waals surface area contributed by atoms with Crippen LogP contribution < -0.4 is 10.1 Å². The second-order valence-electron chi connectivity index (χ2n) is 5.42. The average Bonchev–Trinajstić information content (AvgIpc) is 2.60. The zero-order chi connectivity index (χ0) is 16.8. The predicted molar refractivity (Wildman–Crippen MR) is 104 cm³/mol. The number of nitrogens with one attached hydrogen (secondary N) is 1. The van der Waals surface area contributed by atoms with Gasteiger partial charge in [0.25, 0.3) is 0 Å². The van der Waals surface area contributed by atoms with E-state index in [0.717, 1.165) is 33.0 Å². The van der Waals surface area contributed by atoms with Crippen molar-refractivity contribution in [2.75, 3.05) is 5.32 Å². The first kappa shape index (κ1) is 16.9. The van der Waals surface area contributed by atoms with E-state index in [-0.39, 0.29) is 0 Å². The largest absolute Gasteiger partial charge is 0.489 e. The summed E-state index contributed by atoms with van der Waals surface area (Å²) in [6.45, 7) is 1.28. The van der Waals surface area contributed by atoms with Crippen LogP contribution in [0, 0.1) is 0 Å². The molecule has 0 radical (unpaired) electrons. The monoisotopic (exact) mass is 401 g/mol. The van der Waals surface area contributed by atoms with Gasteiger partial charge >= 0.3 is 0 Å². The van der Waals surface area contributed by atoms with Crippen LogP contribution in [0.2, 0.25) is 5.02 Å². The maximum absolute atomic E-state index is 5.98. The van der Waals surface area contributed by atoms with Crippen molar-refractivity contribution < 1.29 is 4.74 Å². The number of rotatable bonds is 6. The lowest BCUT2D eigenvalue weighted by molar-refractivity contribution is 0.306. The highest BCUT2D eigenvalue weighted by atomic mass is 79.9. The van der Waals surface area contributed by atoms with Gasteiger partial charge in [-0.2, -0.15) is 0 Å². The van der Waals surface area contributed by atoms with Crippen LogP contribution in [-0.4, -0.2) is 0 Å². The Balaban J connectivity index is 1.52. The van der Waals surface area contributed by atoms with Crippen LogP contribution in [0.4, 0.5) is 5.69 Å². The van der Waals surface area contributed by atoms with Gasteiger partial charge in [0.2, 0.25) is 0 Å². The summed E-state index contributed by atoms with van der Waals surface area (Å²) < 4.78 is 6.87. The highest BCUT2D eigenvalue weighted by Gasteiger charge is 1.99. The fraction of sp³-hybridized carbons (Fsp3) is 0.100. The molecule has 0 aliphatic heterocycles. The summed E-state index contributed by atoms with van der Waals surface area (Å²) in [5, 5.41) is 4.12. The van der Waals surface area contributed by atoms with E-state index >= 15 is 0 Å². The fourth-order valence-corrected chi connectivity index (χ4v) is 2.75. The zero-order valence-electron chi connectivity index (χ0n) is 13.0. The van der Waals surface area contributed by atoms with Crippen LogP contribution in [0.25, 0.3) is 0 Å². The third-order valence-corrected chi connectivity index (χ3v) is 4.32. The van der Waals surface area contributed by atoms with Crippen molar-refractivity contribution in [2.24, 2.45) is 0 Å². The van der Waals surface area contributed by atoms with Crippen LogP contribution in [0.5, 0.6) is 5.75 Å². The summed E-state index contributed by atoms with van der Waals surface area (Å²) in [6.07, 6.45) is 0. The molecule has 0 spiro atoms. The smallest absolute Gasteiger partial charge is 0.119 e. The Hall–Kier alpha value is -1.97. The number of hydrogen-bond donors (Lipinski definition) is 1. The molecule has 0 aromatic heterocycles. The SMILES string of the molecule is Clc1cccc(COc2ccc(CNc3ccc(Br)cc3)cc2)c1. The van der Waals surface area contributed by atoms with Gasteiger partial charge in [-0.15, -0.1) is 0 Å². The molecule has 0 unspecified atom stereocenters. The average molecular weight is 403 g/mol. The van der Waals surface area contributed by atoms with Gasteiger partial charge in [-0.25, -0.2) is 0 Å². The molecule has 0 heterocycles. The molecule has 3 aromatic rings. The van der Waals surface area contributed by atoms with Crippen molar-refractivity contribution in [3.05, 3.63) is 93.4 Å². The Morgan fingerprint density at radius 2 is 1.62 bits per heavy atom. The van der Waals surface area contributed by atoms with E-state index in [2.05, 4.69) is 33.4 Å². The molecule has 0 fully saturated rings. The van der Waals surface area contributed by atoms with Crippen LogP contribution in [0.1, 0.15) is 11.1 Å². The summed E-state index contributed by atoms with van der Waals surface area (Å²) in [7, 11) is 0. The lowest BCUT2D eigenvalue weighted by atomic mass is 10.2. The molecule has 0 saturated carbocycles. The lowest BCUT2D eigenvalue weighted by Crippen LogP contribution is -1.99. The first-order valence-electron chi connectivity index (χ1n) is 7.65. The standard InChI is InChI=1S/C20H17BrClNO/c21-17-6-8-19(9-7-17)23-13-15-4-10-20(11-5-15)24-14-16-2-1-3-18(22)12-16/h1-12,23H,13-14H2. The van der Waals surface area contributed by atoms with Crippen LogP contribution in [0.15, 0.2) is 77.3 Å². The number of halogens is 2. The van der Waals surface area contributed by atoms with Crippen molar-refractivity contribution in [3.8, 4) is 5.75 Å². The molecule has 3 aromatic carbocycles. The lowest BCUT2D eigenvalue weighted by Gasteiger charge is -2.09. The van der Waals surface area contributed by atoms with Gasteiger partial charge in [0, 0.05) is 21.7 Å². The predicted octanol–water partition coefficient (Wildman–Crippen LogP) is 6.29. The van der Waals surface area contributed by atoms with Crippen molar-refractivity contribution in [1.82, 2.24) is 0 Å². The minimum Gasteiger partial charge on any atom is -0.489 e. The maximum Gasteiger partial charge on any atom is 0.119 e. The summed E-state index contributed by atoms with van der Waals surface area (Å²) >= 11 is 9.41. The normalized spacial score (nSPS) is 10.4. The Morgan fingerprint density at radius 3 is 2.33 bits per heavy atom. The number of ether oxygens (including phenoxy) is 1. The van der Waals surface area contributed by atoms with Crippen LogP contribution >= 0.6 is 27.5 Å². The Kier molecular flexibility index (Phi) is 5.78. The molecule has 0 aliphatic rings. The molecule has 0 atom stereocenters. The quantitative estimate of drug-likeness (QED) is 0.523. The summed E-state index contributed by atoms with van der Waals surface area (Å²) in [5.74, 6) is 0.849. The first-order valence-corrected chi connectivity index (χ1v) is 8.82. The molecule has 4 heteroatoms. The second kappa shape index (κ2) is 8.22. The van der Waals surface area contributed by atoms with E-state index in [0.29, 0.717) is 6.61 Å². The van der Waals surface area contributed by atoms with Crippen molar-refractivity contribution in [3.63, 3.8) is 0 Å². The molecule has 3 rings (SSSR count). The third-order valence-electron chi connectivity index (χ3n) is 3.56. The zero-order valence-corrected chi connectivity index (χ0v) is 15.3. The summed E-state index contributed by atoms with van der Waals surface area (Å²) in [4.78, 5) is 0. The van der Waals surface area contributed by atoms with Crippen molar-refractivity contribution in [2.45, 2.75) is 13.2 Å². The molecule has 0 bridgehead atoms. The first-order chi connectivity index (χ1) is 11.7. The number of anilines is 1.